The molecule has 6 heteroatoms. The minimum atomic E-state index is -0.439. The lowest BCUT2D eigenvalue weighted by molar-refractivity contribution is 0.0231. The summed E-state index contributed by atoms with van der Waals surface area (Å²) in [7, 11) is 0. The number of Topliss-reactive ketones (excluding diaryl/α,β-unsaturated/α-hetero) is 1. The van der Waals surface area contributed by atoms with Crippen LogP contribution in [0.15, 0.2) is 42.6 Å². The number of ketones is 1. The molecule has 0 aliphatic carbocycles. The topological polar surface area (TPSA) is 55.3 Å². The van der Waals surface area contributed by atoms with E-state index in [0.29, 0.717) is 22.8 Å². The van der Waals surface area contributed by atoms with Gasteiger partial charge in [-0.25, -0.2) is 4.98 Å². The van der Waals surface area contributed by atoms with E-state index in [1.807, 2.05) is 43.5 Å². The zero-order chi connectivity index (χ0) is 19.3. The van der Waals surface area contributed by atoms with Gasteiger partial charge in [0.2, 0.25) is 0 Å². The smallest absolute Gasteiger partial charge is 0.170 e. The second kappa shape index (κ2) is 6.45. The first kappa shape index (κ1) is 17.4. The summed E-state index contributed by atoms with van der Waals surface area (Å²) in [4.78, 5) is 24.2. The molecule has 5 rings (SSSR count). The van der Waals surface area contributed by atoms with Gasteiger partial charge in [0.1, 0.15) is 17.2 Å². The number of nitrogens with zero attached hydrogens (tertiary/aromatic N) is 3. The van der Waals surface area contributed by atoms with Crippen LogP contribution in [0.4, 0.5) is 5.82 Å². The van der Waals surface area contributed by atoms with E-state index in [1.165, 1.54) is 0 Å². The Kier molecular flexibility index (Phi) is 4.02. The molecule has 142 valence electrons. The number of ether oxygens (including phenoxy) is 1. The lowest BCUT2D eigenvalue weighted by Gasteiger charge is -2.44. The van der Waals surface area contributed by atoms with Crippen molar-refractivity contribution in [3.8, 4) is 5.75 Å². The van der Waals surface area contributed by atoms with Crippen LogP contribution in [-0.4, -0.2) is 34.4 Å². The van der Waals surface area contributed by atoms with Gasteiger partial charge in [-0.15, -0.1) is 0 Å². The minimum absolute atomic E-state index is 0.113. The Morgan fingerprint density at radius 1 is 1.14 bits per heavy atom. The molecule has 0 saturated carbocycles. The molecule has 2 aromatic carbocycles. The third-order valence-corrected chi connectivity index (χ3v) is 6.21. The fourth-order valence-corrected chi connectivity index (χ4v) is 4.30. The maximum Gasteiger partial charge on any atom is 0.170 e. The molecule has 0 amide bonds. The van der Waals surface area contributed by atoms with Crippen LogP contribution in [-0.2, 0) is 0 Å². The third-order valence-electron chi connectivity index (χ3n) is 5.80. The van der Waals surface area contributed by atoms with Crippen molar-refractivity contribution in [1.82, 2.24) is 9.97 Å². The van der Waals surface area contributed by atoms with E-state index in [9.17, 15) is 4.79 Å². The molecule has 3 heterocycles. The predicted octanol–water partition coefficient (Wildman–Crippen LogP) is 4.60. The Morgan fingerprint density at radius 3 is 2.68 bits per heavy atom. The molecule has 2 aliphatic heterocycles. The largest absolute Gasteiger partial charge is 0.486 e. The van der Waals surface area contributed by atoms with E-state index in [1.54, 1.807) is 6.07 Å². The highest BCUT2D eigenvalue weighted by atomic mass is 35.5. The first-order valence-corrected chi connectivity index (χ1v) is 9.90. The average Bonchev–Trinajstić information content (AvgIpc) is 2.70. The Bertz CT molecular complexity index is 1090. The SMILES string of the molecule is Cc1cc2c(cc1Cl)C(=O)CC1(CCN(c3cnc4ccccc4n3)CC1)O2. The standard InChI is InChI=1S/C22H20ClN3O2/c1-14-10-20-15(11-16(14)23)19(27)12-22(28-20)6-8-26(9-7-22)21-13-24-17-4-2-3-5-18(17)25-21/h2-5,10-11,13H,6-9,12H2,1H3. The van der Waals surface area contributed by atoms with Crippen molar-refractivity contribution < 1.29 is 9.53 Å². The summed E-state index contributed by atoms with van der Waals surface area (Å²) in [5.74, 6) is 1.65. The number of para-hydroxylation sites is 2. The maximum absolute atomic E-state index is 12.7. The maximum atomic E-state index is 12.7. The molecular formula is C22H20ClN3O2. The van der Waals surface area contributed by atoms with Gasteiger partial charge in [-0.1, -0.05) is 23.7 Å². The van der Waals surface area contributed by atoms with Gasteiger partial charge < -0.3 is 9.64 Å². The number of halogens is 1. The molecule has 5 nitrogen and oxygen atoms in total. The lowest BCUT2D eigenvalue weighted by atomic mass is 9.82. The predicted molar refractivity (Wildman–Crippen MR) is 109 cm³/mol. The normalized spacial score (nSPS) is 18.2. The molecular weight excluding hydrogens is 374 g/mol. The minimum Gasteiger partial charge on any atom is -0.486 e. The van der Waals surface area contributed by atoms with Crippen molar-refractivity contribution >= 4 is 34.2 Å². The number of aryl methyl sites for hydroxylation is 1. The Hall–Kier alpha value is -2.66. The van der Waals surface area contributed by atoms with Gasteiger partial charge in [-0.05, 0) is 36.8 Å². The number of rotatable bonds is 1. The number of anilines is 1. The average molecular weight is 394 g/mol. The summed E-state index contributed by atoms with van der Waals surface area (Å²) in [5.41, 5.74) is 2.88. The monoisotopic (exact) mass is 393 g/mol. The summed E-state index contributed by atoms with van der Waals surface area (Å²) in [5, 5.41) is 0.608. The van der Waals surface area contributed by atoms with Crippen LogP contribution in [0.25, 0.3) is 11.0 Å². The fraction of sp³-hybridized carbons (Fsp3) is 0.318. The zero-order valence-corrected chi connectivity index (χ0v) is 16.4. The molecule has 0 bridgehead atoms. The van der Waals surface area contributed by atoms with Crippen LogP contribution in [0, 0.1) is 6.92 Å². The second-order valence-electron chi connectivity index (χ2n) is 7.69. The number of carbonyl (C=O) groups excluding carboxylic acids is 1. The van der Waals surface area contributed by atoms with Crippen LogP contribution in [0.2, 0.25) is 5.02 Å². The van der Waals surface area contributed by atoms with Crippen molar-refractivity contribution in [2.24, 2.45) is 0 Å². The van der Waals surface area contributed by atoms with Gasteiger partial charge in [0, 0.05) is 31.0 Å². The molecule has 0 atom stereocenters. The van der Waals surface area contributed by atoms with E-state index in [-0.39, 0.29) is 5.78 Å². The van der Waals surface area contributed by atoms with E-state index in [4.69, 9.17) is 21.3 Å². The van der Waals surface area contributed by atoms with E-state index in [2.05, 4.69) is 9.88 Å². The van der Waals surface area contributed by atoms with Crippen LogP contribution in [0.5, 0.6) is 5.75 Å². The Balaban J connectivity index is 1.37. The first-order valence-electron chi connectivity index (χ1n) is 9.52. The highest BCUT2D eigenvalue weighted by molar-refractivity contribution is 6.31. The summed E-state index contributed by atoms with van der Waals surface area (Å²) in [6, 6.07) is 11.5. The Labute approximate surface area is 168 Å². The second-order valence-corrected chi connectivity index (χ2v) is 8.09. The summed E-state index contributed by atoms with van der Waals surface area (Å²) in [6.45, 7) is 3.49. The van der Waals surface area contributed by atoms with Crippen molar-refractivity contribution in [2.45, 2.75) is 31.8 Å². The van der Waals surface area contributed by atoms with Gasteiger partial charge >= 0.3 is 0 Å². The molecule has 0 N–H and O–H groups in total. The number of benzene rings is 2. The summed E-state index contributed by atoms with van der Waals surface area (Å²) in [6.07, 6.45) is 3.77. The van der Waals surface area contributed by atoms with Gasteiger partial charge in [0.05, 0.1) is 29.2 Å². The molecule has 0 unspecified atom stereocenters. The molecule has 1 saturated heterocycles. The summed E-state index contributed by atoms with van der Waals surface area (Å²) < 4.78 is 6.38. The first-order chi connectivity index (χ1) is 13.5. The van der Waals surface area contributed by atoms with Crippen molar-refractivity contribution in [3.05, 3.63) is 58.7 Å². The van der Waals surface area contributed by atoms with Gasteiger partial charge in [-0.3, -0.25) is 9.78 Å². The molecule has 1 fully saturated rings. The van der Waals surface area contributed by atoms with Crippen molar-refractivity contribution in [3.63, 3.8) is 0 Å². The van der Waals surface area contributed by atoms with E-state index >= 15 is 0 Å². The van der Waals surface area contributed by atoms with Crippen molar-refractivity contribution in [1.29, 1.82) is 0 Å². The number of hydrogen-bond donors (Lipinski definition) is 0. The number of fused-ring (bicyclic) bond motifs is 2. The summed E-state index contributed by atoms with van der Waals surface area (Å²) >= 11 is 6.19. The quantitative estimate of drug-likeness (QED) is 0.605. The zero-order valence-electron chi connectivity index (χ0n) is 15.6. The molecule has 28 heavy (non-hydrogen) atoms. The third kappa shape index (κ3) is 2.90. The van der Waals surface area contributed by atoms with Gasteiger partial charge in [0.15, 0.2) is 5.78 Å². The number of piperidine rings is 1. The van der Waals surface area contributed by atoms with E-state index < -0.39 is 5.60 Å². The molecule has 0 radical (unpaired) electrons. The van der Waals surface area contributed by atoms with Gasteiger partial charge in [0.25, 0.3) is 0 Å². The molecule has 1 aromatic heterocycles. The van der Waals surface area contributed by atoms with Crippen LogP contribution in [0.1, 0.15) is 35.2 Å². The van der Waals surface area contributed by atoms with Crippen LogP contribution < -0.4 is 9.64 Å². The Morgan fingerprint density at radius 2 is 1.89 bits per heavy atom. The number of hydrogen-bond acceptors (Lipinski definition) is 5. The molecule has 3 aromatic rings. The van der Waals surface area contributed by atoms with E-state index in [0.717, 1.165) is 48.3 Å². The molecule has 1 spiro atoms. The lowest BCUT2D eigenvalue weighted by Crippen LogP contribution is -2.51. The number of aromatic nitrogens is 2. The van der Waals surface area contributed by atoms with Gasteiger partial charge in [-0.2, -0.15) is 0 Å². The fourth-order valence-electron chi connectivity index (χ4n) is 4.14. The molecule has 2 aliphatic rings. The highest BCUT2D eigenvalue weighted by Gasteiger charge is 2.43. The number of carbonyl (C=O) groups is 1. The van der Waals surface area contributed by atoms with Crippen LogP contribution in [0.3, 0.4) is 0 Å². The van der Waals surface area contributed by atoms with Crippen LogP contribution >= 0.6 is 11.6 Å². The highest BCUT2D eigenvalue weighted by Crippen LogP contribution is 2.41. The van der Waals surface area contributed by atoms with Crippen molar-refractivity contribution in [2.75, 3.05) is 18.0 Å².